The van der Waals surface area contributed by atoms with Crippen LogP contribution in [0.3, 0.4) is 0 Å². The lowest BCUT2D eigenvalue weighted by molar-refractivity contribution is 0.592. The van der Waals surface area contributed by atoms with Crippen LogP contribution in [0.2, 0.25) is 0 Å². The number of pyridine rings is 1. The number of benzene rings is 3. The van der Waals surface area contributed by atoms with Crippen molar-refractivity contribution in [2.45, 2.75) is 9.92 Å². The maximum Gasteiger partial charge on any atom is 0.223 e. The van der Waals surface area contributed by atoms with E-state index in [1.54, 1.807) is 12.1 Å². The Hall–Kier alpha value is -3.63. The average Bonchev–Trinajstić information content (AvgIpc) is 2.73. The molecule has 0 atom stereocenters. The standard InChI is InChI=1S/C22H12F2N2O2S/c23-16-6-2-5-15(11-16)19-12-21(26-22-18(19)8-3-9-20(22)24)29(27,28)17-7-1-4-14(10-17)13-25/h1-12H. The summed E-state index contributed by atoms with van der Waals surface area (Å²) in [6.45, 7) is 0. The highest BCUT2D eigenvalue weighted by atomic mass is 32.2. The molecule has 4 aromatic rings. The topological polar surface area (TPSA) is 70.8 Å². The molecule has 0 aliphatic rings. The summed E-state index contributed by atoms with van der Waals surface area (Å²) >= 11 is 0. The van der Waals surface area contributed by atoms with Crippen LogP contribution in [0.5, 0.6) is 0 Å². The highest BCUT2D eigenvalue weighted by Gasteiger charge is 2.23. The molecule has 3 aromatic carbocycles. The van der Waals surface area contributed by atoms with Crippen molar-refractivity contribution in [2.75, 3.05) is 0 Å². The summed E-state index contributed by atoms with van der Waals surface area (Å²) in [7, 11) is -4.14. The second-order valence-corrected chi connectivity index (χ2v) is 8.19. The van der Waals surface area contributed by atoms with Gasteiger partial charge in [-0.25, -0.2) is 22.2 Å². The predicted octanol–water partition coefficient (Wildman–Crippen LogP) is 4.88. The molecule has 0 unspecified atom stereocenters. The molecule has 29 heavy (non-hydrogen) atoms. The van der Waals surface area contributed by atoms with Gasteiger partial charge in [-0.05, 0) is 53.6 Å². The highest BCUT2D eigenvalue weighted by molar-refractivity contribution is 7.91. The normalized spacial score (nSPS) is 11.3. The largest absolute Gasteiger partial charge is 0.233 e. The predicted molar refractivity (Wildman–Crippen MR) is 104 cm³/mol. The SMILES string of the molecule is N#Cc1cccc(S(=O)(=O)c2cc(-c3cccc(F)c3)c3cccc(F)c3n2)c1. The third-order valence-electron chi connectivity index (χ3n) is 4.45. The molecule has 0 spiro atoms. The van der Waals surface area contributed by atoms with E-state index in [2.05, 4.69) is 4.98 Å². The molecule has 0 saturated heterocycles. The molecule has 0 N–H and O–H groups in total. The van der Waals surface area contributed by atoms with Crippen molar-refractivity contribution in [3.05, 3.63) is 90.0 Å². The Kier molecular flexibility index (Phi) is 4.57. The van der Waals surface area contributed by atoms with Crippen molar-refractivity contribution >= 4 is 20.7 Å². The number of hydrogen-bond acceptors (Lipinski definition) is 4. The van der Waals surface area contributed by atoms with Gasteiger partial charge in [0.2, 0.25) is 9.84 Å². The van der Waals surface area contributed by atoms with E-state index in [1.807, 2.05) is 6.07 Å². The molecule has 1 heterocycles. The van der Waals surface area contributed by atoms with Crippen LogP contribution in [0.1, 0.15) is 5.56 Å². The Labute approximate surface area is 165 Å². The third-order valence-corrected chi connectivity index (χ3v) is 6.09. The van der Waals surface area contributed by atoms with Gasteiger partial charge < -0.3 is 0 Å². The van der Waals surface area contributed by atoms with E-state index >= 15 is 0 Å². The average molecular weight is 406 g/mol. The lowest BCUT2D eigenvalue weighted by atomic mass is 10.0. The summed E-state index contributed by atoms with van der Waals surface area (Å²) in [6, 6.07) is 18.5. The minimum absolute atomic E-state index is 0.134. The van der Waals surface area contributed by atoms with Gasteiger partial charge in [-0.3, -0.25) is 0 Å². The molecule has 4 rings (SSSR count). The molecule has 0 bridgehead atoms. The summed E-state index contributed by atoms with van der Waals surface area (Å²) in [5.74, 6) is -1.20. The van der Waals surface area contributed by atoms with Crippen LogP contribution in [0, 0.1) is 23.0 Å². The van der Waals surface area contributed by atoms with Crippen LogP contribution in [0.15, 0.2) is 82.7 Å². The van der Waals surface area contributed by atoms with Gasteiger partial charge in [0.25, 0.3) is 0 Å². The summed E-state index contributed by atoms with van der Waals surface area (Å²) in [5.41, 5.74) is 0.766. The van der Waals surface area contributed by atoms with Gasteiger partial charge in [0.1, 0.15) is 17.2 Å². The van der Waals surface area contributed by atoms with Crippen molar-refractivity contribution in [2.24, 2.45) is 0 Å². The monoisotopic (exact) mass is 406 g/mol. The molecular formula is C22H12F2N2O2S. The number of halogens is 2. The van der Waals surface area contributed by atoms with Gasteiger partial charge in [0.15, 0.2) is 5.03 Å². The number of para-hydroxylation sites is 1. The minimum atomic E-state index is -4.14. The van der Waals surface area contributed by atoms with Gasteiger partial charge in [0, 0.05) is 5.39 Å². The van der Waals surface area contributed by atoms with E-state index in [9.17, 15) is 17.2 Å². The quantitative estimate of drug-likeness (QED) is 0.486. The van der Waals surface area contributed by atoms with Crippen LogP contribution >= 0.6 is 0 Å². The Balaban J connectivity index is 2.03. The summed E-state index contributed by atoms with van der Waals surface area (Å²) in [6.07, 6.45) is 0. The first kappa shape index (κ1) is 18.7. The first-order chi connectivity index (χ1) is 13.9. The zero-order chi connectivity index (χ0) is 20.6. The number of rotatable bonds is 3. The van der Waals surface area contributed by atoms with Gasteiger partial charge in [0.05, 0.1) is 16.5 Å². The summed E-state index contributed by atoms with van der Waals surface area (Å²) in [5, 5.41) is 9.03. The molecule has 0 fully saturated rings. The van der Waals surface area contributed by atoms with Crippen LogP contribution < -0.4 is 0 Å². The molecule has 0 aliphatic carbocycles. The van der Waals surface area contributed by atoms with Gasteiger partial charge in [-0.15, -0.1) is 0 Å². The number of hydrogen-bond donors (Lipinski definition) is 0. The van der Waals surface area contributed by atoms with Crippen LogP contribution in [-0.4, -0.2) is 13.4 Å². The van der Waals surface area contributed by atoms with Gasteiger partial charge in [-0.2, -0.15) is 5.26 Å². The zero-order valence-electron chi connectivity index (χ0n) is 14.8. The molecule has 4 nitrogen and oxygen atoms in total. The number of sulfone groups is 1. The van der Waals surface area contributed by atoms with E-state index in [-0.39, 0.29) is 21.0 Å². The summed E-state index contributed by atoms with van der Waals surface area (Å²) in [4.78, 5) is 3.91. The third kappa shape index (κ3) is 3.35. The first-order valence-electron chi connectivity index (χ1n) is 8.50. The fourth-order valence-corrected chi connectivity index (χ4v) is 4.34. The maximum atomic E-state index is 14.5. The Bertz CT molecular complexity index is 1410. The Morgan fingerprint density at radius 2 is 1.66 bits per heavy atom. The smallest absolute Gasteiger partial charge is 0.223 e. The molecule has 0 aliphatic heterocycles. The van der Waals surface area contributed by atoms with Crippen molar-refractivity contribution < 1.29 is 17.2 Å². The summed E-state index contributed by atoms with van der Waals surface area (Å²) < 4.78 is 54.5. The van der Waals surface area contributed by atoms with Gasteiger partial charge >= 0.3 is 0 Å². The molecule has 0 amide bonds. The molecular weight excluding hydrogens is 394 g/mol. The lowest BCUT2D eigenvalue weighted by Gasteiger charge is -2.11. The number of aromatic nitrogens is 1. The Morgan fingerprint density at radius 1 is 0.897 bits per heavy atom. The fraction of sp³-hybridized carbons (Fsp3) is 0. The highest BCUT2D eigenvalue weighted by Crippen LogP contribution is 2.33. The Morgan fingerprint density at radius 3 is 2.41 bits per heavy atom. The van der Waals surface area contributed by atoms with Crippen LogP contribution in [0.25, 0.3) is 22.0 Å². The van der Waals surface area contributed by atoms with Crippen molar-refractivity contribution in [1.82, 2.24) is 4.98 Å². The lowest BCUT2D eigenvalue weighted by Crippen LogP contribution is -2.06. The van der Waals surface area contributed by atoms with Crippen LogP contribution in [-0.2, 0) is 9.84 Å². The van der Waals surface area contributed by atoms with E-state index in [0.717, 1.165) is 0 Å². The number of fused-ring (bicyclic) bond motifs is 1. The molecule has 7 heteroatoms. The molecule has 0 saturated carbocycles. The van der Waals surface area contributed by atoms with E-state index in [1.165, 1.54) is 60.7 Å². The fourth-order valence-electron chi connectivity index (χ4n) is 3.08. The number of nitriles is 1. The minimum Gasteiger partial charge on any atom is -0.233 e. The van der Waals surface area contributed by atoms with E-state index in [4.69, 9.17) is 5.26 Å². The van der Waals surface area contributed by atoms with E-state index < -0.39 is 21.5 Å². The molecule has 142 valence electrons. The maximum absolute atomic E-state index is 14.5. The van der Waals surface area contributed by atoms with Crippen LogP contribution in [0.4, 0.5) is 8.78 Å². The second kappa shape index (κ2) is 7.08. The van der Waals surface area contributed by atoms with Gasteiger partial charge in [-0.1, -0.05) is 30.3 Å². The molecule has 1 aromatic heterocycles. The van der Waals surface area contributed by atoms with Crippen molar-refractivity contribution in [1.29, 1.82) is 5.26 Å². The number of nitrogens with zero attached hydrogens (tertiary/aromatic N) is 2. The van der Waals surface area contributed by atoms with Crippen molar-refractivity contribution in [3.8, 4) is 17.2 Å². The van der Waals surface area contributed by atoms with Crippen molar-refractivity contribution in [3.63, 3.8) is 0 Å². The second-order valence-electron chi connectivity index (χ2n) is 6.30. The zero-order valence-corrected chi connectivity index (χ0v) is 15.6. The van der Waals surface area contributed by atoms with E-state index in [0.29, 0.717) is 16.5 Å². The first-order valence-corrected chi connectivity index (χ1v) is 9.99. The molecule has 0 radical (unpaired) electrons.